The number of aromatic nitrogens is 2. The standard InChI is InChI=1S/C24H29N3O6S/c1-24(2,23(28)33-5)27-15-14-22(25-27)34(29,30)26(16-18-6-10-20(31-3)11-7-18)17-19-8-12-21(32-4)13-9-19/h6-15H,16-17H2,1-5H3. The van der Waals surface area contributed by atoms with Gasteiger partial charge in [-0.25, -0.2) is 13.2 Å². The molecule has 2 aromatic carbocycles. The Morgan fingerprint density at radius 2 is 1.35 bits per heavy atom. The minimum Gasteiger partial charge on any atom is -0.497 e. The van der Waals surface area contributed by atoms with Gasteiger partial charge in [0.1, 0.15) is 11.5 Å². The van der Waals surface area contributed by atoms with Gasteiger partial charge in [0.2, 0.25) is 0 Å². The Balaban J connectivity index is 1.96. The van der Waals surface area contributed by atoms with Crippen LogP contribution in [0.2, 0.25) is 0 Å². The van der Waals surface area contributed by atoms with E-state index in [9.17, 15) is 13.2 Å². The largest absolute Gasteiger partial charge is 0.497 e. The molecule has 0 aliphatic rings. The molecule has 9 nitrogen and oxygen atoms in total. The summed E-state index contributed by atoms with van der Waals surface area (Å²) in [5, 5.41) is 4.07. The fourth-order valence-corrected chi connectivity index (χ4v) is 4.65. The molecule has 0 saturated heterocycles. The number of ether oxygens (including phenoxy) is 3. The van der Waals surface area contributed by atoms with Gasteiger partial charge in [-0.15, -0.1) is 0 Å². The van der Waals surface area contributed by atoms with Crippen molar-refractivity contribution in [2.24, 2.45) is 0 Å². The number of rotatable bonds is 10. The lowest BCUT2D eigenvalue weighted by molar-refractivity contribution is -0.150. The lowest BCUT2D eigenvalue weighted by Crippen LogP contribution is -2.37. The topological polar surface area (TPSA) is 100.0 Å². The molecule has 3 aromatic rings. The lowest BCUT2D eigenvalue weighted by atomic mass is 10.1. The number of nitrogens with zero attached hydrogens (tertiary/aromatic N) is 3. The van der Waals surface area contributed by atoms with E-state index in [2.05, 4.69) is 5.10 Å². The van der Waals surface area contributed by atoms with Gasteiger partial charge in [0.25, 0.3) is 10.0 Å². The summed E-state index contributed by atoms with van der Waals surface area (Å²) >= 11 is 0. The molecule has 0 aliphatic carbocycles. The third kappa shape index (κ3) is 5.40. The van der Waals surface area contributed by atoms with E-state index in [0.717, 1.165) is 11.1 Å². The zero-order valence-electron chi connectivity index (χ0n) is 19.9. The van der Waals surface area contributed by atoms with Crippen LogP contribution in [0, 0.1) is 0 Å². The summed E-state index contributed by atoms with van der Waals surface area (Å²) in [6.07, 6.45) is 1.46. The summed E-state index contributed by atoms with van der Waals surface area (Å²) in [5.74, 6) is 0.821. The highest BCUT2D eigenvalue weighted by atomic mass is 32.2. The first kappa shape index (κ1) is 25.3. The summed E-state index contributed by atoms with van der Waals surface area (Å²) in [4.78, 5) is 12.2. The van der Waals surface area contributed by atoms with Gasteiger partial charge in [-0.05, 0) is 55.3 Å². The highest BCUT2D eigenvalue weighted by molar-refractivity contribution is 7.89. The van der Waals surface area contributed by atoms with Gasteiger partial charge in [0.05, 0.1) is 21.3 Å². The highest BCUT2D eigenvalue weighted by Crippen LogP contribution is 2.24. The molecule has 0 saturated carbocycles. The molecule has 0 amide bonds. The van der Waals surface area contributed by atoms with Crippen LogP contribution in [0.3, 0.4) is 0 Å². The van der Waals surface area contributed by atoms with Crippen molar-refractivity contribution in [1.29, 1.82) is 0 Å². The van der Waals surface area contributed by atoms with Gasteiger partial charge in [-0.2, -0.15) is 9.40 Å². The molecule has 0 bridgehead atoms. The SMILES string of the molecule is COC(=O)C(C)(C)n1ccc(S(=O)(=O)N(Cc2ccc(OC)cc2)Cc2ccc(OC)cc2)n1. The van der Waals surface area contributed by atoms with Crippen LogP contribution in [0.5, 0.6) is 11.5 Å². The summed E-state index contributed by atoms with van der Waals surface area (Å²) < 4.78 is 45.2. The molecule has 0 unspecified atom stereocenters. The molecule has 182 valence electrons. The van der Waals surface area contributed by atoms with Crippen LogP contribution < -0.4 is 9.47 Å². The van der Waals surface area contributed by atoms with E-state index in [1.54, 1.807) is 52.3 Å². The van der Waals surface area contributed by atoms with E-state index in [4.69, 9.17) is 14.2 Å². The molecule has 3 rings (SSSR count). The molecule has 34 heavy (non-hydrogen) atoms. The number of sulfonamides is 1. The zero-order valence-corrected chi connectivity index (χ0v) is 20.7. The van der Waals surface area contributed by atoms with Crippen molar-refractivity contribution in [3.05, 3.63) is 71.9 Å². The fourth-order valence-electron chi connectivity index (χ4n) is 3.33. The second kappa shape index (κ2) is 10.3. The number of benzene rings is 2. The van der Waals surface area contributed by atoms with Crippen molar-refractivity contribution in [2.45, 2.75) is 37.5 Å². The van der Waals surface area contributed by atoms with Crippen LogP contribution in [0.25, 0.3) is 0 Å². The molecular formula is C24H29N3O6S. The predicted octanol–water partition coefficient (Wildman–Crippen LogP) is 3.20. The maximum absolute atomic E-state index is 13.7. The average Bonchev–Trinajstić information content (AvgIpc) is 3.36. The molecule has 0 N–H and O–H groups in total. The first-order chi connectivity index (χ1) is 16.1. The highest BCUT2D eigenvalue weighted by Gasteiger charge is 2.34. The molecule has 0 spiro atoms. The first-order valence-corrected chi connectivity index (χ1v) is 12.0. The van der Waals surface area contributed by atoms with Gasteiger partial charge in [-0.1, -0.05) is 24.3 Å². The summed E-state index contributed by atoms with van der Waals surface area (Å²) in [6, 6.07) is 15.8. The normalized spacial score (nSPS) is 11.9. The Morgan fingerprint density at radius 3 is 1.76 bits per heavy atom. The van der Waals surface area contributed by atoms with Gasteiger partial charge < -0.3 is 14.2 Å². The molecule has 0 fully saturated rings. The summed E-state index contributed by atoms with van der Waals surface area (Å²) in [6.45, 7) is 3.45. The van der Waals surface area contributed by atoms with Crippen molar-refractivity contribution in [3.63, 3.8) is 0 Å². The van der Waals surface area contributed by atoms with E-state index >= 15 is 0 Å². The van der Waals surface area contributed by atoms with E-state index in [-0.39, 0.29) is 18.1 Å². The van der Waals surface area contributed by atoms with Gasteiger partial charge >= 0.3 is 5.97 Å². The number of carbonyl (C=O) groups is 1. The Kier molecular flexibility index (Phi) is 7.63. The van der Waals surface area contributed by atoms with Crippen molar-refractivity contribution in [1.82, 2.24) is 14.1 Å². The van der Waals surface area contributed by atoms with Gasteiger partial charge in [-0.3, -0.25) is 4.68 Å². The van der Waals surface area contributed by atoms with Crippen LogP contribution in [0.1, 0.15) is 25.0 Å². The number of hydrogen-bond acceptors (Lipinski definition) is 7. The minimum atomic E-state index is -4.01. The van der Waals surface area contributed by atoms with Gasteiger partial charge in [0.15, 0.2) is 10.6 Å². The summed E-state index contributed by atoms with van der Waals surface area (Å²) in [5.41, 5.74) is 0.402. The predicted molar refractivity (Wildman–Crippen MR) is 126 cm³/mol. The molecule has 0 atom stereocenters. The molecule has 10 heteroatoms. The summed E-state index contributed by atoms with van der Waals surface area (Å²) in [7, 11) is 0.403. The van der Waals surface area contributed by atoms with E-state index in [0.29, 0.717) is 11.5 Å². The minimum absolute atomic E-state index is 0.117. The van der Waals surface area contributed by atoms with Crippen LogP contribution in [0.15, 0.2) is 65.8 Å². The van der Waals surface area contributed by atoms with Crippen molar-refractivity contribution in [3.8, 4) is 11.5 Å². The lowest BCUT2D eigenvalue weighted by Gasteiger charge is -2.23. The Bertz CT molecular complexity index is 1170. The van der Waals surface area contributed by atoms with Crippen LogP contribution in [-0.4, -0.2) is 49.8 Å². The Labute approximate surface area is 199 Å². The van der Waals surface area contributed by atoms with Gasteiger partial charge in [0, 0.05) is 19.3 Å². The third-order valence-corrected chi connectivity index (χ3v) is 7.15. The second-order valence-corrected chi connectivity index (χ2v) is 10.0. The monoisotopic (exact) mass is 487 g/mol. The van der Waals surface area contributed by atoms with Crippen molar-refractivity contribution in [2.75, 3.05) is 21.3 Å². The van der Waals surface area contributed by atoms with E-state index in [1.807, 2.05) is 24.3 Å². The molecular weight excluding hydrogens is 458 g/mol. The molecule has 0 radical (unpaired) electrons. The van der Waals surface area contributed by atoms with E-state index < -0.39 is 21.5 Å². The molecule has 0 aliphatic heterocycles. The van der Waals surface area contributed by atoms with Crippen molar-refractivity contribution >= 4 is 16.0 Å². The quantitative estimate of drug-likeness (QED) is 0.405. The fraction of sp³-hybridized carbons (Fsp3) is 0.333. The zero-order chi connectivity index (χ0) is 24.9. The Morgan fingerprint density at radius 1 is 0.882 bits per heavy atom. The van der Waals surface area contributed by atoms with Crippen molar-refractivity contribution < 1.29 is 27.4 Å². The molecule has 1 heterocycles. The smallest absolute Gasteiger partial charge is 0.333 e. The van der Waals surface area contributed by atoms with E-state index in [1.165, 1.54) is 28.4 Å². The molecule has 1 aromatic heterocycles. The number of esters is 1. The number of carbonyl (C=O) groups excluding carboxylic acids is 1. The first-order valence-electron chi connectivity index (χ1n) is 10.5. The Hall–Kier alpha value is -3.37. The van der Waals surface area contributed by atoms with Crippen LogP contribution >= 0.6 is 0 Å². The average molecular weight is 488 g/mol. The van der Waals surface area contributed by atoms with Crippen LogP contribution in [0.4, 0.5) is 0 Å². The third-order valence-electron chi connectivity index (χ3n) is 5.46. The number of methoxy groups -OCH3 is 3. The number of hydrogen-bond donors (Lipinski definition) is 0. The maximum Gasteiger partial charge on any atom is 0.333 e. The van der Waals surface area contributed by atoms with Crippen LogP contribution in [-0.2, 0) is 38.2 Å². The second-order valence-electron chi connectivity index (χ2n) is 8.12. The maximum atomic E-state index is 13.7.